The summed E-state index contributed by atoms with van der Waals surface area (Å²) in [6, 6.07) is 5.94. The van der Waals surface area contributed by atoms with Gasteiger partial charge in [0.05, 0.1) is 30.6 Å². The first-order valence-electron chi connectivity index (χ1n) is 17.1. The van der Waals surface area contributed by atoms with Gasteiger partial charge in [-0.1, -0.05) is 26.7 Å². The highest BCUT2D eigenvalue weighted by Crippen LogP contribution is 2.59. The molecule has 3 heterocycles. The number of Topliss-reactive ketones (excluding diaryl/α,β-unsaturated/α-hetero) is 1. The molecule has 10 nitrogen and oxygen atoms in total. The van der Waals surface area contributed by atoms with Gasteiger partial charge < -0.3 is 25.3 Å². The van der Waals surface area contributed by atoms with Gasteiger partial charge in [-0.05, 0) is 87.5 Å². The second kappa shape index (κ2) is 15.5. The molecule has 2 amide bonds. The number of pyridine rings is 1. The molecule has 3 aromatic rings. The third kappa shape index (κ3) is 8.86. The number of carbonyl (C=O) groups is 3. The maximum Gasteiger partial charge on any atom is 0.416 e. The number of rotatable bonds is 15. The third-order valence-electron chi connectivity index (χ3n) is 9.97. The molecule has 1 aliphatic carbocycles. The molecule has 2 aliphatic rings. The summed E-state index contributed by atoms with van der Waals surface area (Å²) in [6.07, 6.45) is 5.26. The molecule has 1 spiro atoms. The number of ketones is 1. The molecule has 2 fully saturated rings. The number of H-pyrrole nitrogens is 1. The number of benzene rings is 1. The summed E-state index contributed by atoms with van der Waals surface area (Å²) in [4.78, 5) is 52.5. The lowest BCUT2D eigenvalue weighted by atomic mass is 9.90. The Balaban J connectivity index is 1.29. The molecular formula is C36H45F3N6O4. The molecule has 1 aliphatic heterocycles. The number of unbranched alkanes of at least 4 members (excludes halogenated alkanes) is 2. The van der Waals surface area contributed by atoms with E-state index in [0.29, 0.717) is 42.1 Å². The average Bonchev–Trinajstić information content (AvgIpc) is 3.57. The van der Waals surface area contributed by atoms with Crippen LogP contribution in [0.2, 0.25) is 0 Å². The number of hydrogen-bond donors (Lipinski definition) is 3. The van der Waals surface area contributed by atoms with Gasteiger partial charge in [-0.3, -0.25) is 14.4 Å². The van der Waals surface area contributed by atoms with E-state index in [0.717, 1.165) is 76.5 Å². The van der Waals surface area contributed by atoms with E-state index in [4.69, 9.17) is 4.74 Å². The quantitative estimate of drug-likeness (QED) is 0.148. The monoisotopic (exact) mass is 682 g/mol. The van der Waals surface area contributed by atoms with Crippen molar-refractivity contribution in [2.24, 2.45) is 11.3 Å². The Morgan fingerprint density at radius 2 is 1.86 bits per heavy atom. The number of methoxy groups -OCH3 is 1. The lowest BCUT2D eigenvalue weighted by molar-refractivity contribution is -0.137. The van der Waals surface area contributed by atoms with E-state index in [1.165, 1.54) is 19.2 Å². The van der Waals surface area contributed by atoms with Gasteiger partial charge >= 0.3 is 6.18 Å². The van der Waals surface area contributed by atoms with Gasteiger partial charge in [0, 0.05) is 36.1 Å². The molecule has 1 saturated carbocycles. The van der Waals surface area contributed by atoms with Crippen molar-refractivity contribution in [3.05, 3.63) is 59.7 Å². The van der Waals surface area contributed by atoms with Crippen LogP contribution < -0.4 is 15.4 Å². The van der Waals surface area contributed by atoms with E-state index in [2.05, 4.69) is 37.4 Å². The highest BCUT2D eigenvalue weighted by molar-refractivity contribution is 6.04. The molecule has 264 valence electrons. The minimum atomic E-state index is -4.57. The molecule has 5 rings (SSSR count). The summed E-state index contributed by atoms with van der Waals surface area (Å²) in [7, 11) is 1.45. The predicted molar refractivity (Wildman–Crippen MR) is 179 cm³/mol. The lowest BCUT2D eigenvalue weighted by Gasteiger charge is -2.32. The van der Waals surface area contributed by atoms with Gasteiger partial charge in [0.15, 0.2) is 0 Å². The van der Waals surface area contributed by atoms with Crippen LogP contribution in [0, 0.1) is 11.3 Å². The number of nitrogens with one attached hydrogen (secondary N) is 3. The van der Waals surface area contributed by atoms with Crippen molar-refractivity contribution in [2.75, 3.05) is 32.1 Å². The number of aromatic nitrogens is 3. The zero-order valence-corrected chi connectivity index (χ0v) is 28.3. The Bertz CT molecular complexity index is 1630. The average molecular weight is 683 g/mol. The number of anilines is 1. The SMILES string of the molecule is CCC(=O)CCCCC[C@H](NC(=O)[C@H]1CC12CCN(CC)CC2)c1ncc(-c2ccc(C(=O)Nc3cc(C(F)(F)F)ccn3)cc2OC)[nH]1. The third-order valence-corrected chi connectivity index (χ3v) is 9.97. The Labute approximate surface area is 284 Å². The molecule has 2 aromatic heterocycles. The fraction of sp³-hybridized carbons (Fsp3) is 0.528. The maximum absolute atomic E-state index is 13.6. The molecule has 2 atom stereocenters. The number of hydrogen-bond acceptors (Lipinski definition) is 7. The first kappa shape index (κ1) is 36.0. The molecule has 1 saturated heterocycles. The fourth-order valence-electron chi connectivity index (χ4n) is 6.73. The number of aromatic amines is 1. The Morgan fingerprint density at radius 3 is 2.55 bits per heavy atom. The Hall–Kier alpha value is -4.26. The molecule has 3 N–H and O–H groups in total. The number of nitrogens with zero attached hydrogens (tertiary/aromatic N) is 3. The fourth-order valence-corrected chi connectivity index (χ4v) is 6.73. The minimum Gasteiger partial charge on any atom is -0.496 e. The van der Waals surface area contributed by atoms with Crippen LogP contribution in [0.3, 0.4) is 0 Å². The van der Waals surface area contributed by atoms with Gasteiger partial charge in [0.2, 0.25) is 5.91 Å². The molecular weight excluding hydrogens is 637 g/mol. The molecule has 49 heavy (non-hydrogen) atoms. The van der Waals surface area contributed by atoms with Gasteiger partial charge in [0.1, 0.15) is 23.2 Å². The second-order valence-corrected chi connectivity index (χ2v) is 13.1. The molecule has 0 unspecified atom stereocenters. The van der Waals surface area contributed by atoms with Crippen molar-refractivity contribution < 1.29 is 32.3 Å². The van der Waals surface area contributed by atoms with Crippen molar-refractivity contribution in [3.63, 3.8) is 0 Å². The molecule has 1 aromatic carbocycles. The summed E-state index contributed by atoms with van der Waals surface area (Å²) >= 11 is 0. The topological polar surface area (TPSA) is 129 Å². The van der Waals surface area contributed by atoms with Crippen LogP contribution in [0.15, 0.2) is 42.7 Å². The van der Waals surface area contributed by atoms with E-state index in [1.54, 1.807) is 12.3 Å². The zero-order valence-electron chi connectivity index (χ0n) is 28.3. The number of alkyl halides is 3. The summed E-state index contributed by atoms with van der Waals surface area (Å²) in [6.45, 7) is 7.10. The first-order valence-corrected chi connectivity index (χ1v) is 17.1. The molecule has 0 bridgehead atoms. The number of piperidine rings is 1. The van der Waals surface area contributed by atoms with Gasteiger partial charge in [-0.2, -0.15) is 13.2 Å². The Morgan fingerprint density at radius 1 is 1.08 bits per heavy atom. The number of carbonyl (C=O) groups excluding carboxylic acids is 3. The number of likely N-dealkylation sites (tertiary alicyclic amines) is 1. The number of halogens is 3. The second-order valence-electron chi connectivity index (χ2n) is 13.1. The standard InChI is InChI=1S/C36H45F3N6O4/c1-4-25(46)9-7-6-8-10-28(43-34(48)27-21-35(27)14-17-45(5-2)18-15-35)32-41-22-29(42-32)26-12-11-23(19-30(26)49-3)33(47)44-31-20-24(13-16-40-31)36(37,38)39/h11-13,16,19-20,22,27-28H,4-10,14-15,17-18,21H2,1-3H3,(H,41,42)(H,43,48)(H,40,44,47)/t27-,28+/m1/s1. The maximum atomic E-state index is 13.6. The van der Waals surface area contributed by atoms with Crippen LogP contribution in [0.5, 0.6) is 5.75 Å². The van der Waals surface area contributed by atoms with Crippen LogP contribution in [-0.2, 0) is 15.8 Å². The zero-order chi connectivity index (χ0) is 35.2. The van der Waals surface area contributed by atoms with Gasteiger partial charge in [-0.15, -0.1) is 0 Å². The van der Waals surface area contributed by atoms with Gasteiger partial charge in [0.25, 0.3) is 5.91 Å². The Kier molecular flexibility index (Phi) is 11.4. The van der Waals surface area contributed by atoms with E-state index in [9.17, 15) is 27.6 Å². The van der Waals surface area contributed by atoms with Crippen molar-refractivity contribution in [3.8, 4) is 17.0 Å². The highest BCUT2D eigenvalue weighted by atomic mass is 19.4. The van der Waals surface area contributed by atoms with E-state index < -0.39 is 17.6 Å². The number of ether oxygens (including phenoxy) is 1. The van der Waals surface area contributed by atoms with Crippen LogP contribution in [0.1, 0.15) is 99.4 Å². The number of imidazole rings is 1. The smallest absolute Gasteiger partial charge is 0.416 e. The van der Waals surface area contributed by atoms with E-state index in [1.807, 2.05) is 6.92 Å². The van der Waals surface area contributed by atoms with Crippen molar-refractivity contribution >= 4 is 23.4 Å². The summed E-state index contributed by atoms with van der Waals surface area (Å²) in [5.74, 6) is 0.367. The summed E-state index contributed by atoms with van der Waals surface area (Å²) in [5, 5.41) is 5.69. The van der Waals surface area contributed by atoms with Crippen LogP contribution in [0.4, 0.5) is 19.0 Å². The van der Waals surface area contributed by atoms with Gasteiger partial charge in [-0.25, -0.2) is 9.97 Å². The first-order chi connectivity index (χ1) is 23.5. The van der Waals surface area contributed by atoms with Crippen LogP contribution >= 0.6 is 0 Å². The van der Waals surface area contributed by atoms with E-state index >= 15 is 0 Å². The van der Waals surface area contributed by atoms with Crippen molar-refractivity contribution in [2.45, 2.75) is 83.9 Å². The lowest BCUT2D eigenvalue weighted by Crippen LogP contribution is -2.37. The van der Waals surface area contributed by atoms with E-state index in [-0.39, 0.29) is 40.4 Å². The molecule has 13 heteroatoms. The minimum absolute atomic E-state index is 0.00413. The molecule has 0 radical (unpaired) electrons. The number of amides is 2. The predicted octanol–water partition coefficient (Wildman–Crippen LogP) is 6.96. The van der Waals surface area contributed by atoms with Crippen molar-refractivity contribution in [1.82, 2.24) is 25.2 Å². The highest BCUT2D eigenvalue weighted by Gasteiger charge is 2.58. The largest absolute Gasteiger partial charge is 0.496 e. The van der Waals surface area contributed by atoms with Crippen LogP contribution in [-0.4, -0.2) is 64.2 Å². The summed E-state index contributed by atoms with van der Waals surface area (Å²) in [5.41, 5.74) is 0.557. The van der Waals surface area contributed by atoms with Crippen LogP contribution in [0.25, 0.3) is 11.3 Å². The normalized spacial score (nSPS) is 17.8. The summed E-state index contributed by atoms with van der Waals surface area (Å²) < 4.78 is 44.9. The van der Waals surface area contributed by atoms with Crippen molar-refractivity contribution in [1.29, 1.82) is 0 Å².